The van der Waals surface area contributed by atoms with Gasteiger partial charge in [-0.3, -0.25) is 9.59 Å². The van der Waals surface area contributed by atoms with Crippen LogP contribution in [0.15, 0.2) is 71.1 Å². The lowest BCUT2D eigenvalue weighted by Gasteiger charge is -2.29. The fourth-order valence-electron chi connectivity index (χ4n) is 4.09. The highest BCUT2D eigenvalue weighted by Crippen LogP contribution is 2.18. The van der Waals surface area contributed by atoms with Crippen LogP contribution in [-0.2, 0) is 22.6 Å². The van der Waals surface area contributed by atoms with Crippen molar-refractivity contribution in [1.82, 2.24) is 9.80 Å². The third-order valence-corrected chi connectivity index (χ3v) is 6.12. The maximum absolute atomic E-state index is 13.6. The first kappa shape index (κ1) is 24.0. The van der Waals surface area contributed by atoms with Crippen molar-refractivity contribution in [3.05, 3.63) is 94.4 Å². The second kappa shape index (κ2) is 11.4. The van der Waals surface area contributed by atoms with Crippen LogP contribution in [0.3, 0.4) is 0 Å². The molecule has 1 fully saturated rings. The number of benzene rings is 2. The first-order chi connectivity index (χ1) is 16.5. The zero-order chi connectivity index (χ0) is 23.9. The third-order valence-electron chi connectivity index (χ3n) is 5.86. The van der Waals surface area contributed by atoms with Gasteiger partial charge in [0.1, 0.15) is 18.1 Å². The van der Waals surface area contributed by atoms with Gasteiger partial charge in [0.15, 0.2) is 0 Å². The summed E-state index contributed by atoms with van der Waals surface area (Å²) in [5.41, 5.74) is 1.50. The molecule has 1 atom stereocenters. The minimum atomic E-state index is -0.214. The lowest BCUT2D eigenvalue weighted by Crippen LogP contribution is -2.45. The molecule has 4 rings (SSSR count). The average molecular weight is 481 g/mol. The summed E-state index contributed by atoms with van der Waals surface area (Å²) in [5, 5.41) is 0.557. The Balaban J connectivity index is 1.54. The van der Waals surface area contributed by atoms with Crippen LogP contribution in [0.4, 0.5) is 0 Å². The zero-order valence-electron chi connectivity index (χ0n) is 19.3. The van der Waals surface area contributed by atoms with E-state index >= 15 is 0 Å². The van der Waals surface area contributed by atoms with Crippen molar-refractivity contribution in [2.45, 2.75) is 39.0 Å². The normalized spacial score (nSPS) is 15.3. The number of nitrogens with zero attached hydrogens (tertiary/aromatic N) is 2. The molecule has 0 saturated carbocycles. The summed E-state index contributed by atoms with van der Waals surface area (Å²) in [7, 11) is 0. The van der Waals surface area contributed by atoms with Gasteiger partial charge in [-0.25, -0.2) is 0 Å². The standard InChI is InChI=1S/C27H29ClN2O4/c1-20-9-14-25(34-20)18-29(16-21-6-3-2-4-7-21)26(31)19-30(17-24-8-5-15-33-24)27(32)22-10-12-23(28)13-11-22/h2-4,6-7,9-14,24H,5,8,15-19H2,1H3. The van der Waals surface area contributed by atoms with E-state index in [0.29, 0.717) is 42.6 Å². The Kier molecular flexibility index (Phi) is 8.03. The fourth-order valence-corrected chi connectivity index (χ4v) is 4.21. The number of furan rings is 1. The monoisotopic (exact) mass is 480 g/mol. The summed E-state index contributed by atoms with van der Waals surface area (Å²) in [4.78, 5) is 30.2. The van der Waals surface area contributed by atoms with Crippen molar-refractivity contribution >= 4 is 23.4 Å². The van der Waals surface area contributed by atoms with Crippen molar-refractivity contribution in [3.8, 4) is 0 Å². The molecule has 3 aromatic rings. The number of carbonyl (C=O) groups excluding carboxylic acids is 2. The minimum absolute atomic E-state index is 0.0478. The lowest BCUT2D eigenvalue weighted by molar-refractivity contribution is -0.133. The van der Waals surface area contributed by atoms with Gasteiger partial charge in [-0.15, -0.1) is 0 Å². The fraction of sp³-hybridized carbons (Fsp3) is 0.333. The van der Waals surface area contributed by atoms with Gasteiger partial charge in [0.05, 0.1) is 12.6 Å². The maximum atomic E-state index is 13.6. The Morgan fingerprint density at radius 1 is 0.971 bits per heavy atom. The molecule has 34 heavy (non-hydrogen) atoms. The van der Waals surface area contributed by atoms with Crippen molar-refractivity contribution in [2.24, 2.45) is 0 Å². The van der Waals surface area contributed by atoms with Crippen LogP contribution in [0.2, 0.25) is 5.02 Å². The summed E-state index contributed by atoms with van der Waals surface area (Å²) in [6.45, 7) is 3.62. The van der Waals surface area contributed by atoms with Gasteiger partial charge >= 0.3 is 0 Å². The summed E-state index contributed by atoms with van der Waals surface area (Å²) in [5.74, 6) is 1.13. The second-order valence-electron chi connectivity index (χ2n) is 8.58. The van der Waals surface area contributed by atoms with Crippen LogP contribution < -0.4 is 0 Å². The van der Waals surface area contributed by atoms with E-state index in [1.54, 1.807) is 34.1 Å². The Morgan fingerprint density at radius 3 is 2.38 bits per heavy atom. The molecule has 1 unspecified atom stereocenters. The van der Waals surface area contributed by atoms with Gasteiger partial charge in [-0.05, 0) is 61.7 Å². The van der Waals surface area contributed by atoms with Gasteiger partial charge < -0.3 is 19.0 Å². The summed E-state index contributed by atoms with van der Waals surface area (Å²) < 4.78 is 11.5. The molecule has 2 amide bonds. The van der Waals surface area contributed by atoms with Crippen LogP contribution in [0.1, 0.15) is 40.3 Å². The molecule has 1 aromatic heterocycles. The smallest absolute Gasteiger partial charge is 0.254 e. The van der Waals surface area contributed by atoms with E-state index in [1.165, 1.54) is 0 Å². The highest BCUT2D eigenvalue weighted by Gasteiger charge is 2.27. The van der Waals surface area contributed by atoms with Crippen molar-refractivity contribution in [2.75, 3.05) is 19.7 Å². The van der Waals surface area contributed by atoms with E-state index in [-0.39, 0.29) is 24.5 Å². The molecule has 0 radical (unpaired) electrons. The van der Waals surface area contributed by atoms with E-state index in [9.17, 15) is 9.59 Å². The molecule has 1 saturated heterocycles. The Bertz CT molecular complexity index is 1090. The first-order valence-electron chi connectivity index (χ1n) is 11.5. The van der Waals surface area contributed by atoms with E-state index in [1.807, 2.05) is 49.4 Å². The van der Waals surface area contributed by atoms with Crippen molar-refractivity contribution in [3.63, 3.8) is 0 Å². The number of halogens is 1. The Labute approximate surface area is 205 Å². The van der Waals surface area contributed by atoms with Crippen LogP contribution in [0.5, 0.6) is 0 Å². The molecule has 2 aromatic carbocycles. The Morgan fingerprint density at radius 2 is 1.74 bits per heavy atom. The molecule has 178 valence electrons. The van der Waals surface area contributed by atoms with Gasteiger partial charge in [-0.1, -0.05) is 41.9 Å². The molecule has 0 aliphatic carbocycles. The van der Waals surface area contributed by atoms with Crippen LogP contribution >= 0.6 is 11.6 Å². The number of amides is 2. The molecule has 0 bridgehead atoms. The maximum Gasteiger partial charge on any atom is 0.254 e. The molecule has 0 N–H and O–H groups in total. The highest BCUT2D eigenvalue weighted by atomic mass is 35.5. The van der Waals surface area contributed by atoms with E-state index in [4.69, 9.17) is 20.8 Å². The summed E-state index contributed by atoms with van der Waals surface area (Å²) >= 11 is 6.00. The highest BCUT2D eigenvalue weighted by molar-refractivity contribution is 6.30. The van der Waals surface area contributed by atoms with E-state index in [0.717, 1.165) is 24.2 Å². The quantitative estimate of drug-likeness (QED) is 0.428. The first-order valence-corrected chi connectivity index (χ1v) is 11.9. The van der Waals surface area contributed by atoms with Crippen LogP contribution in [-0.4, -0.2) is 47.4 Å². The summed E-state index contributed by atoms with van der Waals surface area (Å²) in [6, 6.07) is 20.3. The van der Waals surface area contributed by atoms with Gasteiger partial charge in [-0.2, -0.15) is 0 Å². The van der Waals surface area contributed by atoms with Gasteiger partial charge in [0.25, 0.3) is 5.91 Å². The molecule has 6 nitrogen and oxygen atoms in total. The lowest BCUT2D eigenvalue weighted by atomic mass is 10.1. The van der Waals surface area contributed by atoms with E-state index in [2.05, 4.69) is 0 Å². The SMILES string of the molecule is Cc1ccc(CN(Cc2ccccc2)C(=O)CN(CC2CCCO2)C(=O)c2ccc(Cl)cc2)o1. The largest absolute Gasteiger partial charge is 0.464 e. The van der Waals surface area contributed by atoms with Crippen molar-refractivity contribution < 1.29 is 18.7 Å². The topological polar surface area (TPSA) is 63.0 Å². The molecular formula is C27H29ClN2O4. The summed E-state index contributed by atoms with van der Waals surface area (Å²) in [6.07, 6.45) is 1.76. The number of hydrogen-bond donors (Lipinski definition) is 0. The second-order valence-corrected chi connectivity index (χ2v) is 9.01. The third kappa shape index (κ3) is 6.49. The Hall–Kier alpha value is -3.09. The minimum Gasteiger partial charge on any atom is -0.464 e. The number of hydrogen-bond acceptors (Lipinski definition) is 4. The molecule has 7 heteroatoms. The van der Waals surface area contributed by atoms with Crippen molar-refractivity contribution in [1.29, 1.82) is 0 Å². The number of carbonyl (C=O) groups is 2. The number of aryl methyl sites for hydroxylation is 1. The number of rotatable bonds is 9. The predicted octanol–water partition coefficient (Wildman–Crippen LogP) is 5.09. The molecule has 1 aliphatic rings. The van der Waals surface area contributed by atoms with Crippen LogP contribution in [0.25, 0.3) is 0 Å². The molecule has 2 heterocycles. The predicted molar refractivity (Wildman–Crippen MR) is 130 cm³/mol. The molecule has 1 aliphatic heterocycles. The van der Waals surface area contributed by atoms with Gasteiger partial charge in [0.2, 0.25) is 5.91 Å². The zero-order valence-corrected chi connectivity index (χ0v) is 20.0. The van der Waals surface area contributed by atoms with Gasteiger partial charge in [0, 0.05) is 30.3 Å². The molecule has 0 spiro atoms. The molecular weight excluding hydrogens is 452 g/mol. The number of ether oxygens (including phenoxy) is 1. The van der Waals surface area contributed by atoms with Crippen LogP contribution in [0, 0.1) is 6.92 Å². The van der Waals surface area contributed by atoms with E-state index < -0.39 is 0 Å². The average Bonchev–Trinajstić information content (AvgIpc) is 3.50.